The summed E-state index contributed by atoms with van der Waals surface area (Å²) in [5, 5.41) is 0. The van der Waals surface area contributed by atoms with Crippen molar-refractivity contribution in [3.05, 3.63) is 0 Å². The Kier molecular flexibility index (Phi) is 43.8. The van der Waals surface area contributed by atoms with Crippen LogP contribution in [0.4, 0.5) is 0 Å². The molecule has 0 aromatic rings. The molecule has 0 aliphatic heterocycles. The summed E-state index contributed by atoms with van der Waals surface area (Å²) in [5.74, 6) is -0.848. The van der Waals surface area contributed by atoms with Crippen molar-refractivity contribution in [1.29, 1.82) is 0 Å². The first kappa shape index (κ1) is 53.4. The van der Waals surface area contributed by atoms with Gasteiger partial charge < -0.3 is 14.2 Å². The van der Waals surface area contributed by atoms with Gasteiger partial charge in [0.25, 0.3) is 0 Å². The zero-order valence-corrected chi connectivity index (χ0v) is 37.2. The van der Waals surface area contributed by atoms with Crippen molar-refractivity contribution in [2.45, 2.75) is 284 Å². The van der Waals surface area contributed by atoms with Gasteiger partial charge >= 0.3 is 17.9 Å². The molecular weight excluding hydrogens is 685 g/mol. The van der Waals surface area contributed by atoms with E-state index in [9.17, 15) is 14.4 Å². The average Bonchev–Trinajstić information content (AvgIpc) is 3.18. The topological polar surface area (TPSA) is 78.9 Å². The standard InChI is InChI=1S/C49H94O6/c1-4-7-10-13-16-19-21-23-24-26-27-30-33-36-39-42-48(51)54-45-46(44-53-47(50)41-38-35-32-29-18-15-12-9-6-3)55-49(52)43-40-37-34-31-28-25-22-20-17-14-11-8-5-2/h46H,4-45H2,1-3H3/t46-/m1/s1. The molecule has 0 aromatic heterocycles. The highest BCUT2D eigenvalue weighted by Gasteiger charge is 2.19. The van der Waals surface area contributed by atoms with Crippen LogP contribution in [0.5, 0.6) is 0 Å². The lowest BCUT2D eigenvalue weighted by atomic mass is 10.0. The molecule has 0 spiro atoms. The third-order valence-electron chi connectivity index (χ3n) is 11.1. The van der Waals surface area contributed by atoms with Crippen LogP contribution in [0.1, 0.15) is 278 Å². The van der Waals surface area contributed by atoms with Crippen molar-refractivity contribution in [2.24, 2.45) is 0 Å². The van der Waals surface area contributed by atoms with E-state index in [2.05, 4.69) is 20.8 Å². The largest absolute Gasteiger partial charge is 0.462 e. The molecule has 0 aromatic carbocycles. The van der Waals surface area contributed by atoms with Crippen LogP contribution in [0.3, 0.4) is 0 Å². The van der Waals surface area contributed by atoms with Gasteiger partial charge in [-0.1, -0.05) is 239 Å². The van der Waals surface area contributed by atoms with Crippen LogP contribution in [0.2, 0.25) is 0 Å². The van der Waals surface area contributed by atoms with Crippen LogP contribution in [0.25, 0.3) is 0 Å². The average molecular weight is 779 g/mol. The second-order valence-electron chi connectivity index (χ2n) is 16.7. The van der Waals surface area contributed by atoms with Crippen molar-refractivity contribution in [3.63, 3.8) is 0 Å². The zero-order chi connectivity index (χ0) is 40.1. The number of rotatable bonds is 45. The number of esters is 3. The molecule has 0 radical (unpaired) electrons. The Bertz CT molecular complexity index is 813. The maximum atomic E-state index is 12.7. The number of ether oxygens (including phenoxy) is 3. The highest BCUT2D eigenvalue weighted by Crippen LogP contribution is 2.16. The van der Waals surface area contributed by atoms with E-state index >= 15 is 0 Å². The molecule has 0 bridgehead atoms. The molecule has 0 amide bonds. The van der Waals surface area contributed by atoms with Gasteiger partial charge in [0.2, 0.25) is 0 Å². The minimum absolute atomic E-state index is 0.0623. The van der Waals surface area contributed by atoms with Crippen LogP contribution in [0.15, 0.2) is 0 Å². The predicted molar refractivity (Wildman–Crippen MR) is 233 cm³/mol. The summed E-state index contributed by atoms with van der Waals surface area (Å²) >= 11 is 0. The molecular formula is C49H94O6. The fourth-order valence-corrected chi connectivity index (χ4v) is 7.38. The molecule has 1 atom stereocenters. The fraction of sp³-hybridized carbons (Fsp3) is 0.939. The highest BCUT2D eigenvalue weighted by atomic mass is 16.6. The summed E-state index contributed by atoms with van der Waals surface area (Å²) in [5.41, 5.74) is 0. The maximum absolute atomic E-state index is 12.7. The van der Waals surface area contributed by atoms with Crippen LogP contribution < -0.4 is 0 Å². The van der Waals surface area contributed by atoms with Gasteiger partial charge in [-0.2, -0.15) is 0 Å². The molecule has 0 saturated heterocycles. The molecule has 0 heterocycles. The van der Waals surface area contributed by atoms with E-state index in [4.69, 9.17) is 14.2 Å². The highest BCUT2D eigenvalue weighted by molar-refractivity contribution is 5.71. The van der Waals surface area contributed by atoms with Crippen molar-refractivity contribution in [2.75, 3.05) is 13.2 Å². The Balaban J connectivity index is 4.27. The van der Waals surface area contributed by atoms with E-state index in [1.807, 2.05) is 0 Å². The molecule has 326 valence electrons. The van der Waals surface area contributed by atoms with Crippen LogP contribution in [0, 0.1) is 0 Å². The molecule has 0 aliphatic carbocycles. The molecule has 0 saturated carbocycles. The monoisotopic (exact) mass is 779 g/mol. The summed E-state index contributed by atoms with van der Waals surface area (Å²) < 4.78 is 16.7. The van der Waals surface area contributed by atoms with Gasteiger partial charge in [0.1, 0.15) is 13.2 Å². The number of carbonyl (C=O) groups is 3. The van der Waals surface area contributed by atoms with Gasteiger partial charge in [-0.3, -0.25) is 14.4 Å². The first-order valence-electron chi connectivity index (χ1n) is 24.5. The van der Waals surface area contributed by atoms with Gasteiger partial charge in [0.15, 0.2) is 6.10 Å². The van der Waals surface area contributed by atoms with Crippen molar-refractivity contribution in [3.8, 4) is 0 Å². The van der Waals surface area contributed by atoms with E-state index in [1.54, 1.807) is 0 Å². The molecule has 55 heavy (non-hydrogen) atoms. The summed E-state index contributed by atoms with van der Waals surface area (Å²) in [4.78, 5) is 37.8. The summed E-state index contributed by atoms with van der Waals surface area (Å²) in [6.07, 6.45) is 46.5. The summed E-state index contributed by atoms with van der Waals surface area (Å²) in [6.45, 7) is 6.65. The second-order valence-corrected chi connectivity index (χ2v) is 16.7. The van der Waals surface area contributed by atoms with Crippen LogP contribution in [-0.2, 0) is 28.6 Å². The summed E-state index contributed by atoms with van der Waals surface area (Å²) in [7, 11) is 0. The van der Waals surface area contributed by atoms with Gasteiger partial charge in [-0.05, 0) is 19.3 Å². The van der Waals surface area contributed by atoms with Crippen molar-refractivity contribution >= 4 is 17.9 Å². The molecule has 6 nitrogen and oxygen atoms in total. The Morgan fingerprint density at radius 3 is 0.727 bits per heavy atom. The molecule has 0 unspecified atom stereocenters. The van der Waals surface area contributed by atoms with E-state index < -0.39 is 6.10 Å². The van der Waals surface area contributed by atoms with Gasteiger partial charge in [-0.15, -0.1) is 0 Å². The lowest BCUT2D eigenvalue weighted by Crippen LogP contribution is -2.30. The Labute approximate surface area is 342 Å². The minimum Gasteiger partial charge on any atom is -0.462 e. The maximum Gasteiger partial charge on any atom is 0.306 e. The fourth-order valence-electron chi connectivity index (χ4n) is 7.38. The summed E-state index contributed by atoms with van der Waals surface area (Å²) in [6, 6.07) is 0. The van der Waals surface area contributed by atoms with E-state index in [1.165, 1.54) is 180 Å². The lowest BCUT2D eigenvalue weighted by molar-refractivity contribution is -0.167. The predicted octanol–water partition coefficient (Wildman–Crippen LogP) is 15.6. The van der Waals surface area contributed by atoms with Gasteiger partial charge in [-0.25, -0.2) is 0 Å². The van der Waals surface area contributed by atoms with E-state index in [0.717, 1.165) is 57.8 Å². The quantitative estimate of drug-likeness (QED) is 0.0348. The number of hydrogen-bond donors (Lipinski definition) is 0. The third-order valence-corrected chi connectivity index (χ3v) is 11.1. The van der Waals surface area contributed by atoms with Crippen LogP contribution in [-0.4, -0.2) is 37.2 Å². The number of hydrogen-bond acceptors (Lipinski definition) is 6. The molecule has 0 aliphatic rings. The Morgan fingerprint density at radius 1 is 0.291 bits per heavy atom. The van der Waals surface area contributed by atoms with Gasteiger partial charge in [0, 0.05) is 19.3 Å². The van der Waals surface area contributed by atoms with Crippen LogP contribution >= 0.6 is 0 Å². The molecule has 6 heteroatoms. The van der Waals surface area contributed by atoms with E-state index in [-0.39, 0.29) is 31.1 Å². The van der Waals surface area contributed by atoms with Gasteiger partial charge in [0.05, 0.1) is 0 Å². The lowest BCUT2D eigenvalue weighted by Gasteiger charge is -2.18. The number of unbranched alkanes of at least 4 members (excludes halogenated alkanes) is 34. The second kappa shape index (κ2) is 45.1. The Hall–Kier alpha value is -1.59. The first-order valence-corrected chi connectivity index (χ1v) is 24.5. The molecule has 0 fully saturated rings. The molecule has 0 rings (SSSR count). The van der Waals surface area contributed by atoms with Crippen molar-refractivity contribution < 1.29 is 28.6 Å². The molecule has 0 N–H and O–H groups in total. The normalized spacial score (nSPS) is 11.8. The Morgan fingerprint density at radius 2 is 0.491 bits per heavy atom. The SMILES string of the molecule is CCCCCCCCCCCCCCCCCC(=O)OC[C@@H](COC(=O)CCCCCCCCCCC)OC(=O)CCCCCCCCCCCCCCC. The zero-order valence-electron chi connectivity index (χ0n) is 37.2. The smallest absolute Gasteiger partial charge is 0.306 e. The minimum atomic E-state index is -0.758. The van der Waals surface area contributed by atoms with Crippen molar-refractivity contribution in [1.82, 2.24) is 0 Å². The first-order chi connectivity index (χ1) is 27.0. The van der Waals surface area contributed by atoms with E-state index in [0.29, 0.717) is 19.3 Å². The number of carbonyl (C=O) groups excluding carboxylic acids is 3. The third kappa shape index (κ3) is 43.4.